The lowest BCUT2D eigenvalue weighted by Crippen LogP contribution is -2.46. The van der Waals surface area contributed by atoms with Crippen LogP contribution >= 0.6 is 0 Å². The molecular weight excluding hydrogens is 308 g/mol. The molecule has 0 saturated heterocycles. The number of oxazole rings is 1. The molecule has 1 amide bonds. The number of benzene rings is 1. The molecule has 0 aliphatic heterocycles. The van der Waals surface area contributed by atoms with Gasteiger partial charge in [-0.05, 0) is 12.1 Å². The number of nitrogens with one attached hydrogen (secondary N) is 1. The smallest absolute Gasteiger partial charge is 0.428 e. The topological polar surface area (TPSA) is 117 Å². The maximum absolute atomic E-state index is 12.3. The van der Waals surface area contributed by atoms with Gasteiger partial charge in [-0.2, -0.15) is 4.57 Å². The summed E-state index contributed by atoms with van der Waals surface area (Å²) in [4.78, 5) is 47.1. The van der Waals surface area contributed by atoms with Gasteiger partial charge in [-0.3, -0.25) is 4.79 Å². The highest BCUT2D eigenvalue weighted by molar-refractivity contribution is 5.92. The molecule has 122 valence electrons. The summed E-state index contributed by atoms with van der Waals surface area (Å²) in [5, 5.41) is 2.26. The Morgan fingerprint density at radius 1 is 1.22 bits per heavy atom. The second kappa shape index (κ2) is 6.77. The summed E-state index contributed by atoms with van der Waals surface area (Å²) in [7, 11) is 2.25. The van der Waals surface area contributed by atoms with Gasteiger partial charge in [-0.1, -0.05) is 12.1 Å². The molecule has 0 aliphatic carbocycles. The van der Waals surface area contributed by atoms with Crippen LogP contribution < -0.4 is 11.1 Å². The molecule has 0 bridgehead atoms. The number of nitrogens with zero attached hydrogens (tertiary/aromatic N) is 1. The molecule has 0 spiro atoms. The second-order valence-corrected chi connectivity index (χ2v) is 4.48. The third-order valence-electron chi connectivity index (χ3n) is 3.07. The zero-order valence-electron chi connectivity index (χ0n) is 12.4. The number of carbonyl (C=O) groups is 3. The van der Waals surface area contributed by atoms with E-state index in [1.54, 1.807) is 12.1 Å². The van der Waals surface area contributed by atoms with Crippen molar-refractivity contribution in [3.63, 3.8) is 0 Å². The molecule has 0 aliphatic rings. The maximum atomic E-state index is 12.3. The SMILES string of the molecule is COC(=O)CC(NC(=O)n1c(=O)oc2ccccc21)C(=O)OC. The van der Waals surface area contributed by atoms with E-state index in [1.807, 2.05) is 0 Å². The average Bonchev–Trinajstić information content (AvgIpc) is 2.88. The second-order valence-electron chi connectivity index (χ2n) is 4.48. The standard InChI is InChI=1S/C14H14N2O7/c1-21-11(17)7-8(12(18)22-2)15-13(19)16-9-5-3-4-6-10(9)23-14(16)20/h3-6,8H,7H2,1-2H3,(H,15,19). The Morgan fingerprint density at radius 2 is 1.91 bits per heavy atom. The Kier molecular flexibility index (Phi) is 4.79. The highest BCUT2D eigenvalue weighted by Gasteiger charge is 2.27. The Labute approximate surface area is 129 Å². The van der Waals surface area contributed by atoms with E-state index in [9.17, 15) is 19.2 Å². The van der Waals surface area contributed by atoms with Gasteiger partial charge in [0, 0.05) is 0 Å². The number of hydrogen-bond acceptors (Lipinski definition) is 7. The van der Waals surface area contributed by atoms with Crippen molar-refractivity contribution in [2.45, 2.75) is 12.5 Å². The van der Waals surface area contributed by atoms with Crippen LogP contribution in [-0.4, -0.2) is 42.8 Å². The highest BCUT2D eigenvalue weighted by Crippen LogP contribution is 2.11. The predicted octanol–water partition coefficient (Wildman–Crippen LogP) is 0.257. The molecule has 1 heterocycles. The van der Waals surface area contributed by atoms with Gasteiger partial charge in [0.05, 0.1) is 26.2 Å². The largest absolute Gasteiger partial charge is 0.469 e. The number of methoxy groups -OCH3 is 2. The summed E-state index contributed by atoms with van der Waals surface area (Å²) in [5.41, 5.74) is 0.451. The van der Waals surface area contributed by atoms with Crippen molar-refractivity contribution in [2.75, 3.05) is 14.2 Å². The lowest BCUT2D eigenvalue weighted by molar-refractivity contribution is -0.149. The number of para-hydroxylation sites is 2. The molecule has 1 aromatic heterocycles. The van der Waals surface area contributed by atoms with E-state index in [0.29, 0.717) is 0 Å². The summed E-state index contributed by atoms with van der Waals surface area (Å²) in [5.74, 6) is -2.47. The number of amides is 1. The quantitative estimate of drug-likeness (QED) is 0.802. The first kappa shape index (κ1) is 16.3. The minimum absolute atomic E-state index is 0.218. The number of ether oxygens (including phenoxy) is 2. The molecule has 2 aromatic rings. The van der Waals surface area contributed by atoms with E-state index in [0.717, 1.165) is 18.8 Å². The molecule has 9 nitrogen and oxygen atoms in total. The highest BCUT2D eigenvalue weighted by atomic mass is 16.5. The molecule has 1 unspecified atom stereocenters. The summed E-state index contributed by atoms with van der Waals surface area (Å²) >= 11 is 0. The van der Waals surface area contributed by atoms with Gasteiger partial charge in [-0.25, -0.2) is 14.4 Å². The molecule has 1 atom stereocenters. The third kappa shape index (κ3) is 3.39. The number of carbonyl (C=O) groups excluding carboxylic acids is 3. The first-order valence-electron chi connectivity index (χ1n) is 6.54. The minimum Gasteiger partial charge on any atom is -0.469 e. The van der Waals surface area contributed by atoms with Crippen LogP contribution in [0.3, 0.4) is 0 Å². The maximum Gasteiger partial charge on any atom is 0.428 e. The van der Waals surface area contributed by atoms with Crippen LogP contribution in [0.2, 0.25) is 0 Å². The molecule has 9 heteroatoms. The van der Waals surface area contributed by atoms with E-state index in [2.05, 4.69) is 14.8 Å². The fourth-order valence-corrected chi connectivity index (χ4v) is 1.96. The zero-order valence-corrected chi connectivity index (χ0v) is 12.4. The van der Waals surface area contributed by atoms with E-state index < -0.39 is 36.2 Å². The van der Waals surface area contributed by atoms with Crippen LogP contribution in [0.1, 0.15) is 6.42 Å². The van der Waals surface area contributed by atoms with Crippen LogP contribution in [0.15, 0.2) is 33.5 Å². The van der Waals surface area contributed by atoms with E-state index >= 15 is 0 Å². The summed E-state index contributed by atoms with van der Waals surface area (Å²) < 4.78 is 14.6. The molecule has 1 aromatic carbocycles. The van der Waals surface area contributed by atoms with Crippen molar-refractivity contribution in [2.24, 2.45) is 0 Å². The number of esters is 2. The third-order valence-corrected chi connectivity index (χ3v) is 3.07. The van der Waals surface area contributed by atoms with Gasteiger partial charge >= 0.3 is 23.7 Å². The Bertz CT molecular complexity index is 805. The normalized spacial score (nSPS) is 11.7. The minimum atomic E-state index is -1.29. The van der Waals surface area contributed by atoms with Crippen molar-refractivity contribution in [1.82, 2.24) is 9.88 Å². The monoisotopic (exact) mass is 322 g/mol. The first-order valence-corrected chi connectivity index (χ1v) is 6.54. The number of fused-ring (bicyclic) bond motifs is 1. The number of hydrogen-bond donors (Lipinski definition) is 1. The van der Waals surface area contributed by atoms with Crippen LogP contribution in [0.5, 0.6) is 0 Å². The summed E-state index contributed by atoms with van der Waals surface area (Å²) in [6, 6.07) is 4.08. The zero-order chi connectivity index (χ0) is 17.0. The summed E-state index contributed by atoms with van der Waals surface area (Å²) in [6.07, 6.45) is -0.431. The van der Waals surface area contributed by atoms with Crippen LogP contribution in [0, 0.1) is 0 Å². The predicted molar refractivity (Wildman–Crippen MR) is 76.8 cm³/mol. The van der Waals surface area contributed by atoms with Crippen molar-refractivity contribution in [3.05, 3.63) is 34.8 Å². The molecule has 2 rings (SSSR count). The first-order chi connectivity index (χ1) is 11.0. The Hall–Kier alpha value is -3.10. The molecule has 0 saturated carbocycles. The lowest BCUT2D eigenvalue weighted by Gasteiger charge is -2.15. The van der Waals surface area contributed by atoms with Crippen molar-refractivity contribution < 1.29 is 28.3 Å². The van der Waals surface area contributed by atoms with Gasteiger partial charge in [0.15, 0.2) is 5.58 Å². The summed E-state index contributed by atoms with van der Waals surface area (Å²) in [6.45, 7) is 0. The van der Waals surface area contributed by atoms with Gasteiger partial charge < -0.3 is 19.2 Å². The van der Waals surface area contributed by atoms with Crippen molar-refractivity contribution >= 4 is 29.1 Å². The van der Waals surface area contributed by atoms with Crippen LogP contribution in [0.25, 0.3) is 11.1 Å². The van der Waals surface area contributed by atoms with Gasteiger partial charge in [0.2, 0.25) is 0 Å². The molecular formula is C14H14N2O7. The van der Waals surface area contributed by atoms with E-state index in [1.165, 1.54) is 12.1 Å². The van der Waals surface area contributed by atoms with Crippen molar-refractivity contribution in [3.8, 4) is 0 Å². The van der Waals surface area contributed by atoms with E-state index in [4.69, 9.17) is 4.42 Å². The van der Waals surface area contributed by atoms with Crippen LogP contribution in [0.4, 0.5) is 4.79 Å². The number of aromatic nitrogens is 1. The van der Waals surface area contributed by atoms with Gasteiger partial charge in [0.25, 0.3) is 0 Å². The average molecular weight is 322 g/mol. The number of rotatable bonds is 4. The van der Waals surface area contributed by atoms with E-state index in [-0.39, 0.29) is 11.1 Å². The lowest BCUT2D eigenvalue weighted by atomic mass is 10.2. The molecule has 0 radical (unpaired) electrons. The van der Waals surface area contributed by atoms with Gasteiger partial charge in [0.1, 0.15) is 6.04 Å². The van der Waals surface area contributed by atoms with Crippen LogP contribution in [-0.2, 0) is 19.1 Å². The Morgan fingerprint density at radius 3 is 2.57 bits per heavy atom. The fourth-order valence-electron chi connectivity index (χ4n) is 1.96. The molecule has 0 fully saturated rings. The molecule has 1 N–H and O–H groups in total. The fraction of sp³-hybridized carbons (Fsp3) is 0.286. The Balaban J connectivity index is 2.30. The van der Waals surface area contributed by atoms with Crippen molar-refractivity contribution in [1.29, 1.82) is 0 Å². The van der Waals surface area contributed by atoms with Gasteiger partial charge in [-0.15, -0.1) is 0 Å². The molecule has 23 heavy (non-hydrogen) atoms.